The first-order valence-electron chi connectivity index (χ1n) is 2.87. The lowest BCUT2D eigenvalue weighted by Crippen LogP contribution is -2.09. The lowest BCUT2D eigenvalue weighted by molar-refractivity contribution is 0.307. The molecule has 0 bridgehead atoms. The van der Waals surface area contributed by atoms with Crippen LogP contribution in [0.1, 0.15) is 19.3 Å². The molecule has 1 nitrogen and oxygen atoms in total. The van der Waals surface area contributed by atoms with E-state index in [0.29, 0.717) is 12.8 Å². The Morgan fingerprint density at radius 3 is 2.88 bits per heavy atom. The van der Waals surface area contributed by atoms with Crippen LogP contribution in [0.25, 0.3) is 0 Å². The highest BCUT2D eigenvalue weighted by Gasteiger charge is 2.09. The minimum Gasteiger partial charge on any atom is -0.402 e. The van der Waals surface area contributed by atoms with Gasteiger partial charge in [0.25, 0.3) is 0 Å². The van der Waals surface area contributed by atoms with Gasteiger partial charge in [-0.2, -0.15) is 0 Å². The topological polar surface area (TPSA) is 26.0 Å². The summed E-state index contributed by atoms with van der Waals surface area (Å²) in [6.45, 7) is 0. The first-order chi connectivity index (χ1) is 3.79. The van der Waals surface area contributed by atoms with Crippen LogP contribution in [0.4, 0.5) is 4.39 Å². The van der Waals surface area contributed by atoms with Crippen LogP contribution < -0.4 is 5.73 Å². The first kappa shape index (κ1) is 5.60. The van der Waals surface area contributed by atoms with Crippen molar-refractivity contribution in [3.05, 3.63) is 11.8 Å². The van der Waals surface area contributed by atoms with Crippen LogP contribution in [0.5, 0.6) is 0 Å². The van der Waals surface area contributed by atoms with E-state index >= 15 is 0 Å². The molecular weight excluding hydrogens is 105 g/mol. The number of allylic oxidation sites excluding steroid dienone is 2. The second-order valence-electron chi connectivity index (χ2n) is 2.15. The highest BCUT2D eigenvalue weighted by Crippen LogP contribution is 2.16. The van der Waals surface area contributed by atoms with Crippen LogP contribution in [0.3, 0.4) is 0 Å². The van der Waals surface area contributed by atoms with Crippen molar-refractivity contribution in [3.8, 4) is 0 Å². The van der Waals surface area contributed by atoms with Crippen molar-refractivity contribution in [3.63, 3.8) is 0 Å². The molecule has 46 valence electrons. The third-order valence-electron chi connectivity index (χ3n) is 1.38. The number of halogens is 1. The minimum absolute atomic E-state index is 0.520. The van der Waals surface area contributed by atoms with Gasteiger partial charge in [0.1, 0.15) is 6.17 Å². The van der Waals surface area contributed by atoms with Crippen LogP contribution in [-0.2, 0) is 0 Å². The van der Waals surface area contributed by atoms with Crippen LogP contribution in [0.15, 0.2) is 11.8 Å². The summed E-state index contributed by atoms with van der Waals surface area (Å²) < 4.78 is 12.3. The van der Waals surface area contributed by atoms with E-state index in [1.54, 1.807) is 6.08 Å². The van der Waals surface area contributed by atoms with Gasteiger partial charge in [0, 0.05) is 5.70 Å². The average Bonchev–Trinajstić information content (AvgIpc) is 1.77. The number of rotatable bonds is 0. The van der Waals surface area contributed by atoms with Crippen molar-refractivity contribution in [1.29, 1.82) is 0 Å². The van der Waals surface area contributed by atoms with Gasteiger partial charge in [-0.3, -0.25) is 0 Å². The molecule has 1 aliphatic rings. The molecule has 0 fully saturated rings. The predicted molar refractivity (Wildman–Crippen MR) is 31.0 cm³/mol. The summed E-state index contributed by atoms with van der Waals surface area (Å²) in [5.74, 6) is 0. The fraction of sp³-hybridized carbons (Fsp3) is 0.667. The number of nitrogens with two attached hydrogens (primary N) is 1. The maximum atomic E-state index is 12.3. The molecule has 0 radical (unpaired) electrons. The smallest absolute Gasteiger partial charge is 0.104 e. The lowest BCUT2D eigenvalue weighted by Gasteiger charge is -2.11. The molecule has 1 rings (SSSR count). The molecule has 0 aromatic heterocycles. The van der Waals surface area contributed by atoms with Gasteiger partial charge in [-0.05, 0) is 19.3 Å². The molecule has 8 heavy (non-hydrogen) atoms. The molecule has 0 aromatic carbocycles. The largest absolute Gasteiger partial charge is 0.402 e. The summed E-state index contributed by atoms with van der Waals surface area (Å²) in [6.07, 6.45) is 3.01. The standard InChI is InChI=1S/C6H10FN/c7-5-1-3-6(8)4-2-5/h3,5H,1-2,4,8H2. The van der Waals surface area contributed by atoms with Crippen molar-refractivity contribution in [2.75, 3.05) is 0 Å². The molecule has 0 heterocycles. The first-order valence-corrected chi connectivity index (χ1v) is 2.87. The Balaban J connectivity index is 2.42. The van der Waals surface area contributed by atoms with Crippen molar-refractivity contribution in [1.82, 2.24) is 0 Å². The van der Waals surface area contributed by atoms with E-state index in [1.165, 1.54) is 0 Å². The van der Waals surface area contributed by atoms with Gasteiger partial charge in [-0.1, -0.05) is 6.08 Å². The van der Waals surface area contributed by atoms with E-state index in [0.717, 1.165) is 12.1 Å². The molecule has 0 amide bonds. The van der Waals surface area contributed by atoms with Crippen LogP contribution in [0, 0.1) is 0 Å². The zero-order chi connectivity index (χ0) is 5.98. The van der Waals surface area contributed by atoms with Crippen LogP contribution in [0.2, 0.25) is 0 Å². The molecule has 0 saturated carbocycles. The Bertz CT molecular complexity index is 109. The minimum atomic E-state index is -0.637. The van der Waals surface area contributed by atoms with Crippen molar-refractivity contribution in [2.24, 2.45) is 5.73 Å². The van der Waals surface area contributed by atoms with E-state index in [-0.39, 0.29) is 0 Å². The zero-order valence-electron chi connectivity index (χ0n) is 4.73. The average molecular weight is 115 g/mol. The van der Waals surface area contributed by atoms with E-state index in [4.69, 9.17) is 5.73 Å². The van der Waals surface area contributed by atoms with Gasteiger partial charge in [0.2, 0.25) is 0 Å². The summed E-state index contributed by atoms with van der Waals surface area (Å²) in [6, 6.07) is 0. The third kappa shape index (κ3) is 1.22. The molecule has 1 aliphatic carbocycles. The Hall–Kier alpha value is -0.530. The van der Waals surface area contributed by atoms with Crippen molar-refractivity contribution >= 4 is 0 Å². The summed E-state index contributed by atoms with van der Waals surface area (Å²) >= 11 is 0. The van der Waals surface area contributed by atoms with E-state index in [9.17, 15) is 4.39 Å². The summed E-state index contributed by atoms with van der Waals surface area (Å²) in [5.41, 5.74) is 6.24. The Kier molecular flexibility index (Phi) is 1.51. The second kappa shape index (κ2) is 2.16. The Labute approximate surface area is 48.4 Å². The predicted octanol–water partition coefficient (Wildman–Crippen LogP) is 1.35. The van der Waals surface area contributed by atoms with Crippen LogP contribution in [-0.4, -0.2) is 6.17 Å². The molecule has 1 unspecified atom stereocenters. The van der Waals surface area contributed by atoms with Gasteiger partial charge in [-0.25, -0.2) is 4.39 Å². The number of alkyl halides is 1. The Morgan fingerprint density at radius 2 is 2.50 bits per heavy atom. The molecule has 0 spiro atoms. The third-order valence-corrected chi connectivity index (χ3v) is 1.38. The quantitative estimate of drug-likeness (QED) is 0.506. The highest BCUT2D eigenvalue weighted by atomic mass is 19.1. The molecular formula is C6H10FN. The summed E-state index contributed by atoms with van der Waals surface area (Å²) in [5, 5.41) is 0. The molecule has 2 N–H and O–H groups in total. The molecule has 1 atom stereocenters. The zero-order valence-corrected chi connectivity index (χ0v) is 4.73. The normalized spacial score (nSPS) is 29.6. The van der Waals surface area contributed by atoms with E-state index in [2.05, 4.69) is 0 Å². The monoisotopic (exact) mass is 115 g/mol. The van der Waals surface area contributed by atoms with Crippen molar-refractivity contribution < 1.29 is 4.39 Å². The molecule has 0 aliphatic heterocycles. The lowest BCUT2D eigenvalue weighted by atomic mass is 10.0. The summed E-state index contributed by atoms with van der Waals surface area (Å²) in [4.78, 5) is 0. The van der Waals surface area contributed by atoms with Gasteiger partial charge >= 0.3 is 0 Å². The fourth-order valence-electron chi connectivity index (χ4n) is 0.822. The molecule has 0 saturated heterocycles. The summed E-state index contributed by atoms with van der Waals surface area (Å²) in [7, 11) is 0. The highest BCUT2D eigenvalue weighted by molar-refractivity contribution is 5.01. The van der Waals surface area contributed by atoms with Gasteiger partial charge in [0.15, 0.2) is 0 Å². The maximum absolute atomic E-state index is 12.3. The van der Waals surface area contributed by atoms with Crippen LogP contribution >= 0.6 is 0 Å². The number of hydrogen-bond donors (Lipinski definition) is 1. The maximum Gasteiger partial charge on any atom is 0.104 e. The van der Waals surface area contributed by atoms with E-state index < -0.39 is 6.17 Å². The molecule has 2 heteroatoms. The SMILES string of the molecule is NC1=CCC(F)CC1. The van der Waals surface area contributed by atoms with Gasteiger partial charge < -0.3 is 5.73 Å². The molecule has 0 aromatic rings. The van der Waals surface area contributed by atoms with Crippen molar-refractivity contribution in [2.45, 2.75) is 25.4 Å². The number of hydrogen-bond acceptors (Lipinski definition) is 1. The second-order valence-corrected chi connectivity index (χ2v) is 2.15. The fourth-order valence-corrected chi connectivity index (χ4v) is 0.822. The van der Waals surface area contributed by atoms with E-state index in [1.807, 2.05) is 0 Å². The Morgan fingerprint density at radius 1 is 1.75 bits per heavy atom. The van der Waals surface area contributed by atoms with Gasteiger partial charge in [0.05, 0.1) is 0 Å². The van der Waals surface area contributed by atoms with Gasteiger partial charge in [-0.15, -0.1) is 0 Å².